The van der Waals surface area contributed by atoms with E-state index in [-0.39, 0.29) is 16.1 Å². The fourth-order valence-electron chi connectivity index (χ4n) is 1.77. The summed E-state index contributed by atoms with van der Waals surface area (Å²) in [5.74, 6) is -1.95. The van der Waals surface area contributed by atoms with Gasteiger partial charge in [-0.3, -0.25) is 4.72 Å². The van der Waals surface area contributed by atoms with Crippen molar-refractivity contribution in [3.05, 3.63) is 59.4 Å². The highest BCUT2D eigenvalue weighted by molar-refractivity contribution is 7.92. The minimum atomic E-state index is -4.08. The number of carboxylic acids is 1. The second-order valence-corrected chi connectivity index (χ2v) is 6.02. The number of carbonyl (C=O) groups is 1. The van der Waals surface area contributed by atoms with Crippen LogP contribution in [-0.4, -0.2) is 19.5 Å². The number of nitrogens with one attached hydrogen (secondary N) is 1. The lowest BCUT2D eigenvalue weighted by atomic mass is 10.1. The first kappa shape index (κ1) is 15.0. The Kier molecular flexibility index (Phi) is 3.95. The molecule has 110 valence electrons. The summed E-state index contributed by atoms with van der Waals surface area (Å²) >= 11 is 0. The van der Waals surface area contributed by atoms with Gasteiger partial charge in [0.15, 0.2) is 0 Å². The third kappa shape index (κ3) is 3.19. The van der Waals surface area contributed by atoms with Gasteiger partial charge in [-0.1, -0.05) is 18.2 Å². The van der Waals surface area contributed by atoms with Gasteiger partial charge in [0.25, 0.3) is 10.0 Å². The van der Waals surface area contributed by atoms with Crippen LogP contribution in [0, 0.1) is 12.7 Å². The summed E-state index contributed by atoms with van der Waals surface area (Å²) in [6.07, 6.45) is 0. The lowest BCUT2D eigenvalue weighted by Gasteiger charge is -2.11. The molecule has 2 N–H and O–H groups in total. The highest BCUT2D eigenvalue weighted by atomic mass is 32.2. The number of carboxylic acid groups (broad SMARTS) is 1. The fourth-order valence-corrected chi connectivity index (χ4v) is 3.11. The average molecular weight is 309 g/mol. The van der Waals surface area contributed by atoms with Gasteiger partial charge in [-0.25, -0.2) is 17.6 Å². The van der Waals surface area contributed by atoms with Crippen LogP contribution >= 0.6 is 0 Å². The summed E-state index contributed by atoms with van der Waals surface area (Å²) in [6.45, 7) is 1.53. The topological polar surface area (TPSA) is 83.5 Å². The van der Waals surface area contributed by atoms with Crippen LogP contribution in [0.2, 0.25) is 0 Å². The molecule has 0 saturated carbocycles. The molecular weight excluding hydrogens is 297 g/mol. The fraction of sp³-hybridized carbons (Fsp3) is 0.0714. The second kappa shape index (κ2) is 5.53. The van der Waals surface area contributed by atoms with E-state index in [2.05, 4.69) is 4.72 Å². The normalized spacial score (nSPS) is 11.1. The molecule has 0 radical (unpaired) electrons. The molecule has 0 aliphatic heterocycles. The van der Waals surface area contributed by atoms with Gasteiger partial charge in [0.1, 0.15) is 5.82 Å². The lowest BCUT2D eigenvalue weighted by Crippen LogP contribution is -2.16. The molecule has 0 spiro atoms. The lowest BCUT2D eigenvalue weighted by molar-refractivity contribution is 0.0696. The van der Waals surface area contributed by atoms with Crippen molar-refractivity contribution >= 4 is 21.7 Å². The van der Waals surface area contributed by atoms with E-state index in [1.807, 2.05) is 0 Å². The molecule has 0 amide bonds. The third-order valence-electron chi connectivity index (χ3n) is 2.84. The molecule has 0 aliphatic rings. The quantitative estimate of drug-likeness (QED) is 0.909. The van der Waals surface area contributed by atoms with Crippen LogP contribution in [0.3, 0.4) is 0 Å². The molecule has 0 heterocycles. The van der Waals surface area contributed by atoms with Gasteiger partial charge in [0, 0.05) is 0 Å². The van der Waals surface area contributed by atoms with E-state index in [0.29, 0.717) is 5.56 Å². The number of aryl methyl sites for hydroxylation is 1. The van der Waals surface area contributed by atoms with Crippen molar-refractivity contribution in [3.63, 3.8) is 0 Å². The Labute approximate surface area is 121 Å². The molecule has 0 unspecified atom stereocenters. The number of halogens is 1. The van der Waals surface area contributed by atoms with Crippen LogP contribution in [-0.2, 0) is 10.0 Å². The summed E-state index contributed by atoms with van der Waals surface area (Å²) in [7, 11) is -4.08. The van der Waals surface area contributed by atoms with E-state index < -0.39 is 21.8 Å². The number of para-hydroxylation sites is 1. The van der Waals surface area contributed by atoms with Gasteiger partial charge >= 0.3 is 5.97 Å². The highest BCUT2D eigenvalue weighted by Crippen LogP contribution is 2.22. The van der Waals surface area contributed by atoms with E-state index in [0.717, 1.165) is 12.1 Å². The van der Waals surface area contributed by atoms with Crippen LogP contribution < -0.4 is 4.72 Å². The predicted molar refractivity (Wildman–Crippen MR) is 75.3 cm³/mol. The van der Waals surface area contributed by atoms with Crippen molar-refractivity contribution in [3.8, 4) is 0 Å². The van der Waals surface area contributed by atoms with E-state index in [1.54, 1.807) is 0 Å². The van der Waals surface area contributed by atoms with Crippen molar-refractivity contribution in [2.45, 2.75) is 11.8 Å². The Morgan fingerprint density at radius 2 is 1.86 bits per heavy atom. The maximum atomic E-state index is 13.5. The molecule has 21 heavy (non-hydrogen) atoms. The summed E-state index contributed by atoms with van der Waals surface area (Å²) in [6, 6.07) is 9.06. The number of hydrogen-bond acceptors (Lipinski definition) is 3. The predicted octanol–water partition coefficient (Wildman–Crippen LogP) is 2.63. The third-order valence-corrected chi connectivity index (χ3v) is 4.35. The van der Waals surface area contributed by atoms with Crippen molar-refractivity contribution in [1.82, 2.24) is 0 Å². The van der Waals surface area contributed by atoms with Gasteiger partial charge in [0.2, 0.25) is 0 Å². The van der Waals surface area contributed by atoms with E-state index >= 15 is 0 Å². The minimum Gasteiger partial charge on any atom is -0.478 e. The largest absolute Gasteiger partial charge is 0.478 e. The van der Waals surface area contributed by atoms with E-state index in [4.69, 9.17) is 5.11 Å². The number of rotatable bonds is 4. The van der Waals surface area contributed by atoms with Crippen molar-refractivity contribution in [2.24, 2.45) is 0 Å². The first-order valence-corrected chi connectivity index (χ1v) is 7.41. The summed E-state index contributed by atoms with van der Waals surface area (Å²) < 4.78 is 40.2. The smallest absolute Gasteiger partial charge is 0.335 e. The second-order valence-electron chi connectivity index (χ2n) is 4.37. The Bertz CT molecular complexity index is 802. The minimum absolute atomic E-state index is 0.158. The molecule has 0 bridgehead atoms. The van der Waals surface area contributed by atoms with Gasteiger partial charge in [0.05, 0.1) is 16.1 Å². The van der Waals surface area contributed by atoms with Crippen LogP contribution in [0.1, 0.15) is 15.9 Å². The monoisotopic (exact) mass is 309 g/mol. The van der Waals surface area contributed by atoms with Crippen LogP contribution in [0.25, 0.3) is 0 Å². The van der Waals surface area contributed by atoms with E-state index in [1.165, 1.54) is 37.3 Å². The molecule has 5 nitrogen and oxygen atoms in total. The molecule has 7 heteroatoms. The molecule has 2 rings (SSSR count). The molecule has 0 fully saturated rings. The Hall–Kier alpha value is -2.41. The molecule has 0 aromatic heterocycles. The van der Waals surface area contributed by atoms with Crippen LogP contribution in [0.4, 0.5) is 10.1 Å². The average Bonchev–Trinajstić information content (AvgIpc) is 2.41. The molecule has 0 atom stereocenters. The summed E-state index contributed by atoms with van der Waals surface area (Å²) in [4.78, 5) is 10.7. The standard InChI is InChI=1S/C14H12FNO4S/c1-9-6-7-10(14(17)18)8-13(9)21(19,20)16-12-5-3-2-4-11(12)15/h2-8,16H,1H3,(H,17,18). The molecule has 2 aromatic carbocycles. The SMILES string of the molecule is Cc1ccc(C(=O)O)cc1S(=O)(=O)Nc1ccccc1F. The zero-order chi connectivity index (χ0) is 15.6. The molecular formula is C14H12FNO4S. The van der Waals surface area contributed by atoms with Crippen LogP contribution in [0.15, 0.2) is 47.4 Å². The van der Waals surface area contributed by atoms with Gasteiger partial charge in [-0.2, -0.15) is 0 Å². The van der Waals surface area contributed by atoms with Gasteiger partial charge < -0.3 is 5.11 Å². The molecule has 2 aromatic rings. The maximum absolute atomic E-state index is 13.5. The van der Waals surface area contributed by atoms with Crippen molar-refractivity contribution in [1.29, 1.82) is 0 Å². The van der Waals surface area contributed by atoms with Crippen LogP contribution in [0.5, 0.6) is 0 Å². The Morgan fingerprint density at radius 1 is 1.19 bits per heavy atom. The molecule has 0 saturated heterocycles. The number of aromatic carboxylic acids is 1. The van der Waals surface area contributed by atoms with Gasteiger partial charge in [-0.15, -0.1) is 0 Å². The van der Waals surface area contributed by atoms with E-state index in [9.17, 15) is 17.6 Å². The Balaban J connectivity index is 2.47. The zero-order valence-electron chi connectivity index (χ0n) is 11.0. The maximum Gasteiger partial charge on any atom is 0.335 e. The van der Waals surface area contributed by atoms with Crippen molar-refractivity contribution < 1.29 is 22.7 Å². The summed E-state index contributed by atoms with van der Waals surface area (Å²) in [5, 5.41) is 8.92. The number of sulfonamides is 1. The first-order chi connectivity index (χ1) is 9.81. The zero-order valence-corrected chi connectivity index (χ0v) is 11.8. The number of benzene rings is 2. The summed E-state index contributed by atoms with van der Waals surface area (Å²) in [5.41, 5.74) is 0.0102. The first-order valence-electron chi connectivity index (χ1n) is 5.92. The Morgan fingerprint density at radius 3 is 2.48 bits per heavy atom. The van der Waals surface area contributed by atoms with Crippen molar-refractivity contribution in [2.75, 3.05) is 4.72 Å². The number of hydrogen-bond donors (Lipinski definition) is 2. The highest BCUT2D eigenvalue weighted by Gasteiger charge is 2.20. The molecule has 0 aliphatic carbocycles. The van der Waals surface area contributed by atoms with Gasteiger partial charge in [-0.05, 0) is 36.8 Å². The number of anilines is 1.